The number of aryl methyl sites for hydroxylation is 1. The van der Waals surface area contributed by atoms with Crippen LogP contribution in [0.25, 0.3) is 16.5 Å². The van der Waals surface area contributed by atoms with Crippen LogP contribution in [0.5, 0.6) is 0 Å². The number of primary amides is 1. The largest absolute Gasteiger partial charge is 0.366 e. The zero-order valence-corrected chi connectivity index (χ0v) is 20.1. The molecule has 0 aliphatic heterocycles. The predicted octanol–water partition coefficient (Wildman–Crippen LogP) is 6.28. The molecule has 4 nitrogen and oxygen atoms in total. The lowest BCUT2D eigenvalue weighted by molar-refractivity contribution is 0.100. The Morgan fingerprint density at radius 3 is 2.16 bits per heavy atom. The van der Waals surface area contributed by atoms with Gasteiger partial charge in [-0.3, -0.25) is 14.2 Å². The van der Waals surface area contributed by atoms with Gasteiger partial charge in [-0.15, -0.1) is 0 Å². The lowest BCUT2D eigenvalue weighted by Crippen LogP contribution is -2.27. The van der Waals surface area contributed by atoms with Crippen LogP contribution >= 0.6 is 27.5 Å². The number of halogens is 2. The summed E-state index contributed by atoms with van der Waals surface area (Å²) in [5.41, 5.74) is 8.20. The Morgan fingerprint density at radius 2 is 1.59 bits per heavy atom. The second-order valence-corrected chi connectivity index (χ2v) is 8.16. The molecule has 0 unspecified atom stereocenters. The second kappa shape index (κ2) is 11.1. The molecule has 4 aromatic rings. The molecule has 0 aliphatic carbocycles. The van der Waals surface area contributed by atoms with E-state index >= 15 is 0 Å². The quantitative estimate of drug-likeness (QED) is 0.321. The van der Waals surface area contributed by atoms with Crippen LogP contribution < -0.4 is 11.3 Å². The van der Waals surface area contributed by atoms with Crippen molar-refractivity contribution in [2.24, 2.45) is 5.73 Å². The van der Waals surface area contributed by atoms with E-state index in [9.17, 15) is 9.59 Å². The summed E-state index contributed by atoms with van der Waals surface area (Å²) < 4.78 is 1.48. The molecule has 2 N–H and O–H groups in total. The molecule has 0 spiro atoms. The first kappa shape index (κ1) is 23.8. The summed E-state index contributed by atoms with van der Waals surface area (Å²) in [6.45, 7) is 2.20. The maximum atomic E-state index is 13.0. The molecule has 0 bridgehead atoms. The number of aromatic nitrogens is 1. The number of pyridine rings is 1. The Bertz CT molecular complexity index is 1270. The number of amides is 1. The van der Waals surface area contributed by atoms with Gasteiger partial charge in [0.2, 0.25) is 0 Å². The normalized spacial score (nSPS) is 10.5. The molecule has 0 radical (unpaired) electrons. The van der Waals surface area contributed by atoms with Gasteiger partial charge in [-0.2, -0.15) is 0 Å². The average Bonchev–Trinajstić information content (AvgIpc) is 2.80. The molecule has 3 aromatic carbocycles. The molecule has 0 atom stereocenters. The fourth-order valence-electron chi connectivity index (χ4n) is 3.64. The number of hydrogen-bond donors (Lipinski definition) is 1. The maximum Gasteiger partial charge on any atom is 0.264 e. The molecule has 1 aromatic heterocycles. The van der Waals surface area contributed by atoms with Gasteiger partial charge < -0.3 is 5.73 Å². The van der Waals surface area contributed by atoms with E-state index in [1.54, 1.807) is 30.3 Å². The fourth-order valence-corrected chi connectivity index (χ4v) is 4.42. The van der Waals surface area contributed by atoms with E-state index in [0.717, 1.165) is 0 Å². The monoisotopic (exact) mass is 510 g/mol. The Morgan fingerprint density at radius 1 is 0.969 bits per heavy atom. The number of nitrogens with two attached hydrogens (primary N) is 1. The van der Waals surface area contributed by atoms with E-state index in [1.807, 2.05) is 18.2 Å². The smallest absolute Gasteiger partial charge is 0.264 e. The highest BCUT2D eigenvalue weighted by atomic mass is 79.9. The number of carbonyl (C=O) groups excluding carboxylic acids is 1. The van der Waals surface area contributed by atoms with Gasteiger partial charge in [0.25, 0.3) is 11.5 Å². The number of alkyl halides is 1. The van der Waals surface area contributed by atoms with Gasteiger partial charge in [0.05, 0.1) is 21.7 Å². The minimum absolute atomic E-state index is 0.281. The number of benzene rings is 3. The van der Waals surface area contributed by atoms with Gasteiger partial charge in [0, 0.05) is 16.4 Å². The highest BCUT2D eigenvalue weighted by molar-refractivity contribution is 9.08. The van der Waals surface area contributed by atoms with E-state index in [1.165, 1.54) is 23.0 Å². The first-order chi connectivity index (χ1) is 15.5. The van der Waals surface area contributed by atoms with Gasteiger partial charge in [0.1, 0.15) is 0 Å². The van der Waals surface area contributed by atoms with Crippen molar-refractivity contribution in [2.45, 2.75) is 25.1 Å². The lowest BCUT2D eigenvalue weighted by Gasteiger charge is -2.17. The predicted molar refractivity (Wildman–Crippen MR) is 136 cm³/mol. The highest BCUT2D eigenvalue weighted by Gasteiger charge is 2.21. The number of fused-ring (bicyclic) bond motifs is 1. The summed E-state index contributed by atoms with van der Waals surface area (Å²) in [7, 11) is 0. The van der Waals surface area contributed by atoms with Crippen LogP contribution in [0.3, 0.4) is 0 Å². The van der Waals surface area contributed by atoms with E-state index < -0.39 is 5.91 Å². The van der Waals surface area contributed by atoms with Crippen LogP contribution in [0.4, 0.5) is 0 Å². The molecule has 0 aliphatic rings. The zero-order chi connectivity index (χ0) is 23.1. The van der Waals surface area contributed by atoms with Gasteiger partial charge in [0.15, 0.2) is 0 Å². The molecule has 32 heavy (non-hydrogen) atoms. The summed E-state index contributed by atoms with van der Waals surface area (Å²) in [6.07, 6.45) is 2.45. The van der Waals surface area contributed by atoms with Crippen molar-refractivity contribution in [1.82, 2.24) is 4.57 Å². The average molecular weight is 512 g/mol. The summed E-state index contributed by atoms with van der Waals surface area (Å²) >= 11 is 9.58. The Labute approximate surface area is 200 Å². The number of nitrogens with zero attached hydrogens (tertiary/aromatic N) is 1. The molecule has 0 fully saturated rings. The summed E-state index contributed by atoms with van der Waals surface area (Å²) in [4.78, 5) is 25.1. The van der Waals surface area contributed by atoms with Crippen LogP contribution in [0.1, 0.15) is 35.0 Å². The Hall–Kier alpha value is -2.89. The van der Waals surface area contributed by atoms with Gasteiger partial charge in [-0.1, -0.05) is 102 Å². The van der Waals surface area contributed by atoms with Crippen LogP contribution in [0.2, 0.25) is 5.02 Å². The molecule has 4 rings (SSSR count). The third kappa shape index (κ3) is 5.12. The Balaban J connectivity index is 0.000000269. The summed E-state index contributed by atoms with van der Waals surface area (Å²) in [5, 5.41) is 1.35. The van der Waals surface area contributed by atoms with Crippen LogP contribution in [-0.2, 0) is 11.8 Å². The SMILES string of the molecule is CCCc1ccccc1.NC(=O)c1c(CBr)n(-c2ccccc2)c(=O)c2c(Cl)cccc12. The third-order valence-electron chi connectivity index (χ3n) is 5.03. The molecule has 0 saturated heterocycles. The topological polar surface area (TPSA) is 65.1 Å². The first-order valence-electron chi connectivity index (χ1n) is 10.3. The van der Waals surface area contributed by atoms with Gasteiger partial charge in [-0.25, -0.2) is 0 Å². The van der Waals surface area contributed by atoms with Crippen molar-refractivity contribution in [1.29, 1.82) is 0 Å². The molecular formula is C26H24BrClN2O2. The Kier molecular flexibility index (Phi) is 8.26. The minimum Gasteiger partial charge on any atom is -0.366 e. The number of hydrogen-bond acceptors (Lipinski definition) is 2. The highest BCUT2D eigenvalue weighted by Crippen LogP contribution is 2.28. The van der Waals surface area contributed by atoms with E-state index in [4.69, 9.17) is 17.3 Å². The van der Waals surface area contributed by atoms with Crippen molar-refractivity contribution in [3.05, 3.63) is 111 Å². The summed E-state index contributed by atoms with van der Waals surface area (Å²) in [6, 6.07) is 24.7. The van der Waals surface area contributed by atoms with Crippen LogP contribution in [0, 0.1) is 0 Å². The maximum absolute atomic E-state index is 13.0. The fraction of sp³-hybridized carbons (Fsp3) is 0.154. The molecule has 1 heterocycles. The van der Waals surface area contributed by atoms with Crippen LogP contribution in [-0.4, -0.2) is 10.5 Å². The lowest BCUT2D eigenvalue weighted by atomic mass is 10.0. The van der Waals surface area contributed by atoms with Crippen LogP contribution in [0.15, 0.2) is 83.7 Å². The molecule has 6 heteroatoms. The third-order valence-corrected chi connectivity index (χ3v) is 5.87. The molecular weight excluding hydrogens is 488 g/mol. The zero-order valence-electron chi connectivity index (χ0n) is 17.7. The number of para-hydroxylation sites is 1. The molecule has 164 valence electrons. The van der Waals surface area contributed by atoms with Gasteiger partial charge in [-0.05, 0) is 30.2 Å². The van der Waals surface area contributed by atoms with Gasteiger partial charge >= 0.3 is 0 Å². The number of rotatable bonds is 5. The number of carbonyl (C=O) groups is 1. The van der Waals surface area contributed by atoms with E-state index in [2.05, 4.69) is 53.2 Å². The molecule has 0 saturated carbocycles. The van der Waals surface area contributed by atoms with E-state index in [-0.39, 0.29) is 10.9 Å². The molecule has 1 amide bonds. The van der Waals surface area contributed by atoms with E-state index in [0.29, 0.717) is 32.7 Å². The standard InChI is InChI=1S/C17H12BrClN2O2.C9H12/c18-9-13-15(16(20)22)11-7-4-8-12(19)14(11)17(23)21(13)10-5-2-1-3-6-10;1-2-6-9-7-4-3-5-8-9/h1-8H,9H2,(H2,20,22);3-5,7-8H,2,6H2,1H3. The summed E-state index contributed by atoms with van der Waals surface area (Å²) in [5.74, 6) is -0.601. The minimum atomic E-state index is -0.601. The van der Waals surface area contributed by atoms with Crippen molar-refractivity contribution in [2.75, 3.05) is 0 Å². The van der Waals surface area contributed by atoms with Crippen molar-refractivity contribution in [3.8, 4) is 5.69 Å². The van der Waals surface area contributed by atoms with Crippen molar-refractivity contribution in [3.63, 3.8) is 0 Å². The first-order valence-corrected chi connectivity index (χ1v) is 11.8. The van der Waals surface area contributed by atoms with Crippen molar-refractivity contribution < 1.29 is 4.79 Å². The second-order valence-electron chi connectivity index (χ2n) is 7.19. The van der Waals surface area contributed by atoms with Crippen molar-refractivity contribution >= 4 is 44.2 Å².